The van der Waals surface area contributed by atoms with Gasteiger partial charge in [-0.25, -0.2) is 0 Å². The normalized spacial score (nSPS) is 13.7. The lowest BCUT2D eigenvalue weighted by atomic mass is 10.2. The molecule has 0 radical (unpaired) electrons. The van der Waals surface area contributed by atoms with Crippen LogP contribution in [-0.4, -0.2) is 11.4 Å². The molecule has 0 aromatic carbocycles. The lowest BCUT2D eigenvalue weighted by Crippen LogP contribution is -1.88. The molecule has 0 amide bonds. The second-order valence-electron chi connectivity index (χ2n) is 1.18. The van der Waals surface area contributed by atoms with E-state index in [0.717, 1.165) is 0 Å². The fourth-order valence-corrected chi connectivity index (χ4v) is 0.133. The van der Waals surface area contributed by atoms with Crippen LogP contribution in [0.3, 0.4) is 0 Å². The zero-order valence-electron chi connectivity index (χ0n) is 4.00. The van der Waals surface area contributed by atoms with Gasteiger partial charge in [0.2, 0.25) is 0 Å². The van der Waals surface area contributed by atoms with E-state index in [1.54, 1.807) is 6.92 Å². The summed E-state index contributed by atoms with van der Waals surface area (Å²) in [6, 6.07) is 1.86. The minimum atomic E-state index is -0.287. The van der Waals surface area contributed by atoms with Gasteiger partial charge in [-0.1, -0.05) is 0 Å². The monoisotopic (exact) mass is 98.0 g/mol. The fourth-order valence-electron chi connectivity index (χ4n) is 0.133. The molecule has 0 aliphatic rings. The molecule has 1 atom stereocenters. The van der Waals surface area contributed by atoms with Gasteiger partial charge in [0, 0.05) is 0 Å². The summed E-state index contributed by atoms with van der Waals surface area (Å²) in [6.45, 7) is 1.64. The molecule has 3 nitrogen and oxygen atoms in total. The Hall–Kier alpha value is -1.04. The highest BCUT2D eigenvalue weighted by Gasteiger charge is 1.88. The van der Waals surface area contributed by atoms with E-state index in [9.17, 15) is 0 Å². The van der Waals surface area contributed by atoms with E-state index in [4.69, 9.17) is 10.5 Å². The van der Waals surface area contributed by atoms with E-state index in [1.165, 1.54) is 6.21 Å². The molecule has 0 heterocycles. The third kappa shape index (κ3) is 2.77. The maximum Gasteiger partial charge on any atom is 0.0820 e. The van der Waals surface area contributed by atoms with E-state index >= 15 is 0 Å². The number of nitriles is 1. The molecule has 1 unspecified atom stereocenters. The molecular formula is C4H6N2O. The lowest BCUT2D eigenvalue weighted by Gasteiger charge is -1.81. The first-order valence-corrected chi connectivity index (χ1v) is 1.88. The second kappa shape index (κ2) is 3.16. The highest BCUT2D eigenvalue weighted by Crippen LogP contribution is 1.82. The van der Waals surface area contributed by atoms with E-state index < -0.39 is 0 Å². The van der Waals surface area contributed by atoms with Crippen LogP contribution >= 0.6 is 0 Å². The summed E-state index contributed by atoms with van der Waals surface area (Å²) in [7, 11) is 0. The summed E-state index contributed by atoms with van der Waals surface area (Å²) in [4.78, 5) is 0. The van der Waals surface area contributed by atoms with Gasteiger partial charge in [-0.3, -0.25) is 0 Å². The number of hydrogen-bond donors (Lipinski definition) is 1. The minimum Gasteiger partial charge on any atom is -0.411 e. The molecule has 3 heteroatoms. The third-order valence-corrected chi connectivity index (χ3v) is 0.494. The summed E-state index contributed by atoms with van der Waals surface area (Å²) >= 11 is 0. The molecule has 0 aromatic rings. The molecule has 0 saturated carbocycles. The summed E-state index contributed by atoms with van der Waals surface area (Å²) in [5.41, 5.74) is 0. The van der Waals surface area contributed by atoms with E-state index in [0.29, 0.717) is 0 Å². The Morgan fingerprint density at radius 1 is 2.00 bits per heavy atom. The summed E-state index contributed by atoms with van der Waals surface area (Å²) in [5.74, 6) is -0.287. The molecule has 1 N–H and O–H groups in total. The third-order valence-electron chi connectivity index (χ3n) is 0.494. The first kappa shape index (κ1) is 5.96. The van der Waals surface area contributed by atoms with Crippen molar-refractivity contribution in [3.8, 4) is 6.07 Å². The minimum absolute atomic E-state index is 0.287. The van der Waals surface area contributed by atoms with E-state index in [1.807, 2.05) is 6.07 Å². The summed E-state index contributed by atoms with van der Waals surface area (Å²) < 4.78 is 0. The van der Waals surface area contributed by atoms with Crippen molar-refractivity contribution in [2.75, 3.05) is 0 Å². The van der Waals surface area contributed by atoms with Crippen LogP contribution in [0.4, 0.5) is 0 Å². The second-order valence-corrected chi connectivity index (χ2v) is 1.18. The van der Waals surface area contributed by atoms with Crippen LogP contribution < -0.4 is 0 Å². The number of nitrogens with zero attached hydrogens (tertiary/aromatic N) is 2. The molecule has 0 rings (SSSR count). The van der Waals surface area contributed by atoms with E-state index in [2.05, 4.69) is 5.16 Å². The Balaban J connectivity index is 3.42. The van der Waals surface area contributed by atoms with Crippen molar-refractivity contribution >= 4 is 6.21 Å². The summed E-state index contributed by atoms with van der Waals surface area (Å²) in [6.07, 6.45) is 1.17. The Morgan fingerprint density at radius 2 is 2.57 bits per heavy atom. The topological polar surface area (TPSA) is 56.4 Å². The van der Waals surface area contributed by atoms with Crippen molar-refractivity contribution in [1.82, 2.24) is 0 Å². The van der Waals surface area contributed by atoms with Crippen LogP contribution in [0.1, 0.15) is 6.92 Å². The van der Waals surface area contributed by atoms with Gasteiger partial charge in [0.15, 0.2) is 0 Å². The Morgan fingerprint density at radius 3 is 2.71 bits per heavy atom. The Kier molecular flexibility index (Phi) is 2.69. The predicted octanol–water partition coefficient (Wildman–Crippen LogP) is 0.606. The van der Waals surface area contributed by atoms with Gasteiger partial charge < -0.3 is 5.21 Å². The van der Waals surface area contributed by atoms with Crippen molar-refractivity contribution < 1.29 is 5.21 Å². The first-order chi connectivity index (χ1) is 3.31. The first-order valence-electron chi connectivity index (χ1n) is 1.88. The molecular weight excluding hydrogens is 92.1 g/mol. The van der Waals surface area contributed by atoms with Crippen molar-refractivity contribution in [2.45, 2.75) is 6.92 Å². The largest absolute Gasteiger partial charge is 0.411 e. The van der Waals surface area contributed by atoms with Gasteiger partial charge >= 0.3 is 0 Å². The van der Waals surface area contributed by atoms with Crippen LogP contribution in [0, 0.1) is 17.2 Å². The van der Waals surface area contributed by atoms with E-state index in [-0.39, 0.29) is 5.92 Å². The van der Waals surface area contributed by atoms with Gasteiger partial charge in [0.25, 0.3) is 0 Å². The van der Waals surface area contributed by atoms with Crippen molar-refractivity contribution in [3.05, 3.63) is 0 Å². The molecule has 0 fully saturated rings. The molecule has 0 saturated heterocycles. The number of rotatable bonds is 1. The van der Waals surface area contributed by atoms with Crippen LogP contribution in [0.25, 0.3) is 0 Å². The highest BCUT2D eigenvalue weighted by molar-refractivity contribution is 5.62. The van der Waals surface area contributed by atoms with Gasteiger partial charge in [-0.2, -0.15) is 5.26 Å². The van der Waals surface area contributed by atoms with Gasteiger partial charge in [-0.15, -0.1) is 5.16 Å². The van der Waals surface area contributed by atoms with Gasteiger partial charge in [-0.05, 0) is 6.92 Å². The zero-order valence-corrected chi connectivity index (χ0v) is 4.00. The SMILES string of the molecule is CC(C#N)C=NO. The molecule has 7 heavy (non-hydrogen) atoms. The molecule has 38 valence electrons. The molecule has 0 spiro atoms. The molecule has 0 bridgehead atoms. The standard InChI is InChI=1S/C4H6N2O/c1-4(2-5)3-6-7/h3-4,7H,1H3. The quantitative estimate of drug-likeness (QED) is 0.296. The highest BCUT2D eigenvalue weighted by atomic mass is 16.4. The van der Waals surface area contributed by atoms with Crippen molar-refractivity contribution in [3.63, 3.8) is 0 Å². The average Bonchev–Trinajstić information content (AvgIpc) is 1.68. The molecule has 0 aliphatic heterocycles. The molecule has 0 aromatic heterocycles. The maximum atomic E-state index is 8.01. The smallest absolute Gasteiger partial charge is 0.0820 e. The Labute approximate surface area is 41.9 Å². The summed E-state index contributed by atoms with van der Waals surface area (Å²) in [5, 5.41) is 18.5. The predicted molar refractivity (Wildman–Crippen MR) is 25.1 cm³/mol. The number of oxime groups is 1. The number of hydrogen-bond acceptors (Lipinski definition) is 3. The van der Waals surface area contributed by atoms with Crippen molar-refractivity contribution in [1.29, 1.82) is 5.26 Å². The average molecular weight is 98.1 g/mol. The van der Waals surface area contributed by atoms with Crippen LogP contribution in [0.2, 0.25) is 0 Å². The fraction of sp³-hybridized carbons (Fsp3) is 0.500. The van der Waals surface area contributed by atoms with Crippen LogP contribution in [0.15, 0.2) is 5.16 Å². The zero-order chi connectivity index (χ0) is 5.70. The maximum absolute atomic E-state index is 8.01. The Bertz CT molecular complexity index is 103. The van der Waals surface area contributed by atoms with Crippen LogP contribution in [0.5, 0.6) is 0 Å². The lowest BCUT2D eigenvalue weighted by molar-refractivity contribution is 0.319. The molecule has 0 aliphatic carbocycles. The van der Waals surface area contributed by atoms with Gasteiger partial charge in [0.05, 0.1) is 18.2 Å². The van der Waals surface area contributed by atoms with Crippen LogP contribution in [-0.2, 0) is 0 Å². The van der Waals surface area contributed by atoms with Crippen molar-refractivity contribution in [2.24, 2.45) is 11.1 Å². The van der Waals surface area contributed by atoms with Gasteiger partial charge in [0.1, 0.15) is 0 Å².